The molecule has 0 aliphatic carbocycles. The second-order valence-corrected chi connectivity index (χ2v) is 7.21. The van der Waals surface area contributed by atoms with Crippen LogP contribution in [0.15, 0.2) is 22.7 Å². The highest BCUT2D eigenvalue weighted by Gasteiger charge is 2.24. The van der Waals surface area contributed by atoms with Crippen molar-refractivity contribution in [2.24, 2.45) is 5.41 Å². The summed E-state index contributed by atoms with van der Waals surface area (Å²) in [6.07, 6.45) is 2.89. The molecule has 0 aliphatic rings. The Hall–Kier alpha value is -0.940. The third-order valence-electron chi connectivity index (χ3n) is 3.64. The predicted octanol–water partition coefficient (Wildman–Crippen LogP) is 4.70. The second-order valence-electron chi connectivity index (χ2n) is 6.42. The minimum Gasteiger partial charge on any atom is -0.313 e. The van der Waals surface area contributed by atoms with E-state index in [0.29, 0.717) is 10.5 Å². The van der Waals surface area contributed by atoms with Gasteiger partial charge in [0.05, 0.1) is 9.40 Å². The molecule has 0 aromatic heterocycles. The highest BCUT2D eigenvalue weighted by Crippen LogP contribution is 2.30. The molecule has 4 nitrogen and oxygen atoms in total. The molecule has 1 unspecified atom stereocenters. The average molecular weight is 357 g/mol. The molecule has 0 spiro atoms. The Morgan fingerprint density at radius 2 is 2.05 bits per heavy atom. The van der Waals surface area contributed by atoms with Crippen LogP contribution in [0.5, 0.6) is 0 Å². The van der Waals surface area contributed by atoms with Crippen LogP contribution in [0.25, 0.3) is 0 Å². The van der Waals surface area contributed by atoms with Crippen molar-refractivity contribution in [3.05, 3.63) is 38.3 Å². The molecule has 0 saturated heterocycles. The van der Waals surface area contributed by atoms with Gasteiger partial charge in [-0.05, 0) is 52.7 Å². The van der Waals surface area contributed by atoms with E-state index in [4.69, 9.17) is 0 Å². The molecule has 0 aliphatic heterocycles. The van der Waals surface area contributed by atoms with Crippen LogP contribution in [0.4, 0.5) is 5.69 Å². The number of nitro benzene ring substituents is 1. The fraction of sp³-hybridized carbons (Fsp3) is 0.625. The quantitative estimate of drug-likeness (QED) is 0.568. The van der Waals surface area contributed by atoms with Gasteiger partial charge in [-0.1, -0.05) is 39.8 Å². The van der Waals surface area contributed by atoms with Crippen molar-refractivity contribution in [3.63, 3.8) is 0 Å². The summed E-state index contributed by atoms with van der Waals surface area (Å²) in [5.74, 6) is 0. The summed E-state index contributed by atoms with van der Waals surface area (Å²) in [6.45, 7) is 9.83. The molecule has 21 heavy (non-hydrogen) atoms. The maximum atomic E-state index is 11.0. The first-order valence-corrected chi connectivity index (χ1v) is 8.21. The van der Waals surface area contributed by atoms with Crippen LogP contribution < -0.4 is 5.32 Å². The zero-order chi connectivity index (χ0) is 16.0. The molecule has 1 atom stereocenters. The molecule has 0 bridgehead atoms. The standard InChI is InChI=1S/C16H25BrN2O2/c1-5-11-18-14(16(2,3)4)10-9-12-7-6-8-13(15(12)17)19(20)21/h6-8,14,18H,5,9-11H2,1-4H3. The topological polar surface area (TPSA) is 55.2 Å². The number of nitro groups is 1. The largest absolute Gasteiger partial charge is 0.313 e. The smallest absolute Gasteiger partial charge is 0.283 e. The van der Waals surface area contributed by atoms with Crippen molar-refractivity contribution in [1.29, 1.82) is 0 Å². The zero-order valence-electron chi connectivity index (χ0n) is 13.3. The number of aryl methyl sites for hydroxylation is 1. The van der Waals surface area contributed by atoms with Crippen LogP contribution in [-0.2, 0) is 6.42 Å². The van der Waals surface area contributed by atoms with E-state index < -0.39 is 0 Å². The molecule has 0 saturated carbocycles. The maximum absolute atomic E-state index is 11.0. The molecule has 1 N–H and O–H groups in total. The van der Waals surface area contributed by atoms with Crippen molar-refractivity contribution >= 4 is 21.6 Å². The first kappa shape index (κ1) is 18.1. The molecule has 5 heteroatoms. The SMILES string of the molecule is CCCNC(CCc1cccc([N+](=O)[O-])c1Br)C(C)(C)C. The van der Waals surface area contributed by atoms with Crippen molar-refractivity contribution in [3.8, 4) is 0 Å². The zero-order valence-corrected chi connectivity index (χ0v) is 14.9. The van der Waals surface area contributed by atoms with Crippen LogP contribution >= 0.6 is 15.9 Å². The first-order chi connectivity index (χ1) is 9.77. The number of nitrogens with one attached hydrogen (secondary N) is 1. The van der Waals surface area contributed by atoms with Crippen LogP contribution in [0.3, 0.4) is 0 Å². The molecule has 0 radical (unpaired) electrons. The lowest BCUT2D eigenvalue weighted by molar-refractivity contribution is -0.385. The van der Waals surface area contributed by atoms with Crippen LogP contribution in [0.1, 0.15) is 46.1 Å². The first-order valence-electron chi connectivity index (χ1n) is 7.42. The predicted molar refractivity (Wildman–Crippen MR) is 90.7 cm³/mol. The molecular weight excluding hydrogens is 332 g/mol. The number of benzene rings is 1. The van der Waals surface area contributed by atoms with E-state index >= 15 is 0 Å². The molecule has 1 aromatic carbocycles. The van der Waals surface area contributed by atoms with Gasteiger partial charge in [-0.3, -0.25) is 10.1 Å². The second kappa shape index (κ2) is 7.90. The summed E-state index contributed by atoms with van der Waals surface area (Å²) in [5, 5.41) is 14.6. The summed E-state index contributed by atoms with van der Waals surface area (Å²) in [4.78, 5) is 10.6. The van der Waals surface area contributed by atoms with E-state index in [1.165, 1.54) is 6.07 Å². The average Bonchev–Trinajstić information content (AvgIpc) is 2.38. The lowest BCUT2D eigenvalue weighted by Crippen LogP contribution is -2.41. The van der Waals surface area contributed by atoms with Crippen molar-refractivity contribution in [2.75, 3.05) is 6.54 Å². The molecule has 0 heterocycles. The Balaban J connectivity index is 2.81. The summed E-state index contributed by atoms with van der Waals surface area (Å²) in [7, 11) is 0. The summed E-state index contributed by atoms with van der Waals surface area (Å²) in [6, 6.07) is 5.63. The van der Waals surface area contributed by atoms with E-state index in [9.17, 15) is 10.1 Å². The molecule has 1 aromatic rings. The maximum Gasteiger partial charge on any atom is 0.283 e. The lowest BCUT2D eigenvalue weighted by atomic mass is 9.83. The third kappa shape index (κ3) is 5.40. The van der Waals surface area contributed by atoms with Crippen molar-refractivity contribution in [1.82, 2.24) is 5.32 Å². The monoisotopic (exact) mass is 356 g/mol. The highest BCUT2D eigenvalue weighted by molar-refractivity contribution is 9.10. The molecule has 0 fully saturated rings. The van der Waals surface area contributed by atoms with Gasteiger partial charge in [0.15, 0.2) is 0 Å². The fourth-order valence-corrected chi connectivity index (χ4v) is 2.97. The molecular formula is C16H25BrN2O2. The Kier molecular flexibility index (Phi) is 6.81. The van der Waals surface area contributed by atoms with Gasteiger partial charge in [-0.15, -0.1) is 0 Å². The normalized spacial score (nSPS) is 13.2. The lowest BCUT2D eigenvalue weighted by Gasteiger charge is -2.32. The Labute approximate surface area is 135 Å². The number of nitrogens with zero attached hydrogens (tertiary/aromatic N) is 1. The number of rotatable bonds is 7. The summed E-state index contributed by atoms with van der Waals surface area (Å²) >= 11 is 3.37. The van der Waals surface area contributed by atoms with Gasteiger partial charge >= 0.3 is 0 Å². The van der Waals surface area contributed by atoms with E-state index in [1.807, 2.05) is 6.07 Å². The van der Waals surface area contributed by atoms with Gasteiger partial charge in [0.2, 0.25) is 0 Å². The van der Waals surface area contributed by atoms with Crippen LogP contribution in [0.2, 0.25) is 0 Å². The Morgan fingerprint density at radius 1 is 1.38 bits per heavy atom. The van der Waals surface area contributed by atoms with Crippen molar-refractivity contribution < 1.29 is 4.92 Å². The highest BCUT2D eigenvalue weighted by atomic mass is 79.9. The third-order valence-corrected chi connectivity index (χ3v) is 4.56. The number of hydrogen-bond acceptors (Lipinski definition) is 3. The Bertz CT molecular complexity index is 484. The minimum atomic E-state index is -0.343. The van der Waals surface area contributed by atoms with Crippen LogP contribution in [-0.4, -0.2) is 17.5 Å². The van der Waals surface area contributed by atoms with E-state index in [-0.39, 0.29) is 16.0 Å². The summed E-state index contributed by atoms with van der Waals surface area (Å²) in [5.41, 5.74) is 1.31. The van der Waals surface area contributed by atoms with E-state index in [0.717, 1.165) is 31.4 Å². The van der Waals surface area contributed by atoms with Gasteiger partial charge in [0, 0.05) is 12.1 Å². The Morgan fingerprint density at radius 3 is 2.57 bits per heavy atom. The van der Waals surface area contributed by atoms with E-state index in [2.05, 4.69) is 48.9 Å². The minimum absolute atomic E-state index is 0.140. The fourth-order valence-electron chi connectivity index (χ4n) is 2.36. The van der Waals surface area contributed by atoms with E-state index in [1.54, 1.807) is 6.07 Å². The van der Waals surface area contributed by atoms with Crippen molar-refractivity contribution in [2.45, 2.75) is 53.0 Å². The number of hydrogen-bond donors (Lipinski definition) is 1. The van der Waals surface area contributed by atoms with Gasteiger partial charge in [0.25, 0.3) is 5.69 Å². The molecule has 118 valence electrons. The number of halogens is 1. The molecule has 0 amide bonds. The van der Waals surface area contributed by atoms with Crippen LogP contribution in [0, 0.1) is 15.5 Å². The van der Waals surface area contributed by atoms with Gasteiger partial charge < -0.3 is 5.32 Å². The molecule has 1 rings (SSSR count). The van der Waals surface area contributed by atoms with Gasteiger partial charge in [0.1, 0.15) is 0 Å². The summed E-state index contributed by atoms with van der Waals surface area (Å²) < 4.78 is 0.609. The van der Waals surface area contributed by atoms with Gasteiger partial charge in [-0.25, -0.2) is 0 Å². The van der Waals surface area contributed by atoms with Gasteiger partial charge in [-0.2, -0.15) is 0 Å².